The highest BCUT2D eigenvalue weighted by atomic mass is 16.5. The molecule has 1 aromatic rings. The van der Waals surface area contributed by atoms with E-state index in [2.05, 4.69) is 18.9 Å². The number of aryl methyl sites for hydroxylation is 1. The van der Waals surface area contributed by atoms with Crippen molar-refractivity contribution in [2.75, 3.05) is 6.61 Å². The van der Waals surface area contributed by atoms with Crippen molar-refractivity contribution in [1.29, 1.82) is 0 Å². The Morgan fingerprint density at radius 3 is 2.50 bits per heavy atom. The number of hydrogen-bond donors (Lipinski definition) is 0. The second kappa shape index (κ2) is 3.72. The van der Waals surface area contributed by atoms with Gasteiger partial charge in [-0.05, 0) is 26.3 Å². The Bertz CT molecular complexity index is 266. The highest BCUT2D eigenvalue weighted by molar-refractivity contribution is 5.22. The lowest BCUT2D eigenvalue weighted by atomic mass is 10.2. The van der Waals surface area contributed by atoms with E-state index in [-0.39, 0.29) is 0 Å². The molecule has 0 aliphatic carbocycles. The van der Waals surface area contributed by atoms with Crippen LogP contribution in [0.5, 0.6) is 0 Å². The lowest BCUT2D eigenvalue weighted by molar-refractivity contribution is 0.130. The Hall–Kier alpha value is -0.830. The molecular weight excluding hydrogens is 152 g/mol. The van der Waals surface area contributed by atoms with Crippen molar-refractivity contribution in [2.24, 2.45) is 7.05 Å². The monoisotopic (exact) mass is 168 g/mol. The Morgan fingerprint density at radius 2 is 2.08 bits per heavy atom. The van der Waals surface area contributed by atoms with Crippen LogP contribution in [0.15, 0.2) is 0 Å². The summed E-state index contributed by atoms with van der Waals surface area (Å²) in [7, 11) is 1.96. The van der Waals surface area contributed by atoms with E-state index >= 15 is 0 Å². The zero-order valence-corrected chi connectivity index (χ0v) is 8.22. The fraction of sp³-hybridized carbons (Fsp3) is 0.667. The SMILES string of the molecule is CCOCc1nn(C)c(C)c1C. The van der Waals surface area contributed by atoms with Gasteiger partial charge in [-0.25, -0.2) is 0 Å². The molecule has 3 nitrogen and oxygen atoms in total. The molecule has 0 aliphatic rings. The van der Waals surface area contributed by atoms with Gasteiger partial charge < -0.3 is 4.74 Å². The zero-order valence-electron chi connectivity index (χ0n) is 8.22. The van der Waals surface area contributed by atoms with Crippen molar-refractivity contribution in [2.45, 2.75) is 27.4 Å². The summed E-state index contributed by atoms with van der Waals surface area (Å²) >= 11 is 0. The average molecular weight is 168 g/mol. The lowest BCUT2D eigenvalue weighted by Crippen LogP contribution is -1.96. The fourth-order valence-corrected chi connectivity index (χ4v) is 1.12. The Kier molecular flexibility index (Phi) is 2.87. The molecule has 68 valence electrons. The number of ether oxygens (including phenoxy) is 1. The third kappa shape index (κ3) is 1.67. The molecule has 3 heteroatoms. The molecule has 0 N–H and O–H groups in total. The van der Waals surface area contributed by atoms with E-state index < -0.39 is 0 Å². The molecule has 0 amide bonds. The maximum Gasteiger partial charge on any atom is 0.0913 e. The summed E-state index contributed by atoms with van der Waals surface area (Å²) in [4.78, 5) is 0. The van der Waals surface area contributed by atoms with Crippen LogP contribution in [-0.4, -0.2) is 16.4 Å². The topological polar surface area (TPSA) is 27.1 Å². The van der Waals surface area contributed by atoms with E-state index in [0.717, 1.165) is 12.3 Å². The van der Waals surface area contributed by atoms with Crippen molar-refractivity contribution in [3.05, 3.63) is 17.0 Å². The molecular formula is C9H16N2O. The van der Waals surface area contributed by atoms with Crippen LogP contribution in [-0.2, 0) is 18.4 Å². The normalized spacial score (nSPS) is 10.7. The minimum absolute atomic E-state index is 0.629. The fourth-order valence-electron chi connectivity index (χ4n) is 1.12. The number of rotatable bonds is 3. The molecule has 1 aromatic heterocycles. The molecule has 0 saturated heterocycles. The Balaban J connectivity index is 2.79. The highest BCUT2D eigenvalue weighted by Gasteiger charge is 2.07. The molecule has 0 fully saturated rings. The summed E-state index contributed by atoms with van der Waals surface area (Å²) in [5, 5.41) is 4.34. The molecule has 0 saturated carbocycles. The van der Waals surface area contributed by atoms with Gasteiger partial charge in [0.2, 0.25) is 0 Å². The van der Waals surface area contributed by atoms with Crippen molar-refractivity contribution >= 4 is 0 Å². The van der Waals surface area contributed by atoms with Crippen LogP contribution in [0.25, 0.3) is 0 Å². The molecule has 12 heavy (non-hydrogen) atoms. The highest BCUT2D eigenvalue weighted by Crippen LogP contribution is 2.11. The van der Waals surface area contributed by atoms with Crippen LogP contribution in [0.2, 0.25) is 0 Å². The van der Waals surface area contributed by atoms with E-state index in [1.165, 1.54) is 11.3 Å². The van der Waals surface area contributed by atoms with Crippen LogP contribution < -0.4 is 0 Å². The van der Waals surface area contributed by atoms with Crippen LogP contribution in [0.4, 0.5) is 0 Å². The largest absolute Gasteiger partial charge is 0.375 e. The Morgan fingerprint density at radius 1 is 1.42 bits per heavy atom. The first kappa shape index (κ1) is 9.26. The molecule has 0 radical (unpaired) electrons. The van der Waals surface area contributed by atoms with Crippen molar-refractivity contribution in [1.82, 2.24) is 9.78 Å². The minimum atomic E-state index is 0.629. The van der Waals surface area contributed by atoms with E-state index in [1.807, 2.05) is 18.7 Å². The molecule has 1 heterocycles. The van der Waals surface area contributed by atoms with Gasteiger partial charge in [0.15, 0.2) is 0 Å². The Labute approximate surface area is 73.3 Å². The summed E-state index contributed by atoms with van der Waals surface area (Å²) < 4.78 is 7.19. The summed E-state index contributed by atoms with van der Waals surface area (Å²) in [5.74, 6) is 0. The quantitative estimate of drug-likeness (QED) is 0.685. The van der Waals surface area contributed by atoms with Gasteiger partial charge in [-0.2, -0.15) is 5.10 Å². The van der Waals surface area contributed by atoms with Crippen molar-refractivity contribution in [3.63, 3.8) is 0 Å². The smallest absolute Gasteiger partial charge is 0.0913 e. The third-order valence-electron chi connectivity index (χ3n) is 2.17. The number of nitrogens with zero attached hydrogens (tertiary/aromatic N) is 2. The van der Waals surface area contributed by atoms with Gasteiger partial charge in [-0.3, -0.25) is 4.68 Å². The second-order valence-corrected chi connectivity index (χ2v) is 2.92. The van der Waals surface area contributed by atoms with Crippen molar-refractivity contribution in [3.8, 4) is 0 Å². The summed E-state index contributed by atoms with van der Waals surface area (Å²) in [6.07, 6.45) is 0. The molecule has 0 bridgehead atoms. The predicted molar refractivity (Wildman–Crippen MR) is 48.0 cm³/mol. The lowest BCUT2D eigenvalue weighted by Gasteiger charge is -1.97. The summed E-state index contributed by atoms with van der Waals surface area (Å²) in [5.41, 5.74) is 3.51. The van der Waals surface area contributed by atoms with Crippen LogP contribution in [0, 0.1) is 13.8 Å². The van der Waals surface area contributed by atoms with Gasteiger partial charge in [0, 0.05) is 19.3 Å². The predicted octanol–water partition coefficient (Wildman–Crippen LogP) is 1.57. The molecule has 0 aromatic carbocycles. The van der Waals surface area contributed by atoms with E-state index in [0.29, 0.717) is 6.61 Å². The van der Waals surface area contributed by atoms with E-state index in [4.69, 9.17) is 4.74 Å². The summed E-state index contributed by atoms with van der Waals surface area (Å²) in [6.45, 7) is 7.51. The molecule has 0 unspecified atom stereocenters. The van der Waals surface area contributed by atoms with E-state index in [1.54, 1.807) is 0 Å². The standard InChI is InChI=1S/C9H16N2O/c1-5-12-6-9-7(2)8(3)11(4)10-9/h5-6H2,1-4H3. The first-order valence-corrected chi connectivity index (χ1v) is 4.23. The number of aromatic nitrogens is 2. The maximum atomic E-state index is 5.29. The van der Waals surface area contributed by atoms with Crippen LogP contribution in [0.1, 0.15) is 23.9 Å². The van der Waals surface area contributed by atoms with Gasteiger partial charge in [0.1, 0.15) is 0 Å². The average Bonchev–Trinajstić information content (AvgIpc) is 2.30. The molecule has 0 aliphatic heterocycles. The molecule has 1 rings (SSSR count). The van der Waals surface area contributed by atoms with Gasteiger partial charge in [-0.1, -0.05) is 0 Å². The van der Waals surface area contributed by atoms with Crippen LogP contribution >= 0.6 is 0 Å². The second-order valence-electron chi connectivity index (χ2n) is 2.92. The van der Waals surface area contributed by atoms with Gasteiger partial charge in [0.05, 0.1) is 12.3 Å². The van der Waals surface area contributed by atoms with E-state index in [9.17, 15) is 0 Å². The van der Waals surface area contributed by atoms with Gasteiger partial charge >= 0.3 is 0 Å². The molecule has 0 atom stereocenters. The number of hydrogen-bond acceptors (Lipinski definition) is 2. The van der Waals surface area contributed by atoms with Crippen LogP contribution in [0.3, 0.4) is 0 Å². The summed E-state index contributed by atoms with van der Waals surface area (Å²) in [6, 6.07) is 0. The molecule has 0 spiro atoms. The first-order chi connectivity index (χ1) is 5.66. The maximum absolute atomic E-state index is 5.29. The van der Waals surface area contributed by atoms with Gasteiger partial charge in [-0.15, -0.1) is 0 Å². The first-order valence-electron chi connectivity index (χ1n) is 4.23. The minimum Gasteiger partial charge on any atom is -0.375 e. The third-order valence-corrected chi connectivity index (χ3v) is 2.17. The zero-order chi connectivity index (χ0) is 9.14. The van der Waals surface area contributed by atoms with Crippen molar-refractivity contribution < 1.29 is 4.74 Å². The van der Waals surface area contributed by atoms with Gasteiger partial charge in [0.25, 0.3) is 0 Å².